The van der Waals surface area contributed by atoms with Crippen LogP contribution in [-0.4, -0.2) is 46.0 Å². The molecular weight excluding hydrogens is 443 g/mol. The van der Waals surface area contributed by atoms with Gasteiger partial charge in [0.05, 0.1) is 6.54 Å². The Morgan fingerprint density at radius 1 is 1.41 bits per heavy atom. The van der Waals surface area contributed by atoms with Gasteiger partial charge in [-0.25, -0.2) is 14.2 Å². The molecular formula is C24H23FN4O5. The van der Waals surface area contributed by atoms with Crippen LogP contribution in [0.5, 0.6) is 0 Å². The minimum Gasteiger partial charge on any atom is -0.465 e. The number of nitrogens with one attached hydrogen (secondary N) is 2. The number of rotatable bonds is 5. The topological polar surface area (TPSA) is 125 Å². The highest BCUT2D eigenvalue weighted by molar-refractivity contribution is 5.97. The summed E-state index contributed by atoms with van der Waals surface area (Å²) in [7, 11) is 1.62. The fourth-order valence-corrected chi connectivity index (χ4v) is 3.84. The smallest absolute Gasteiger partial charge is 0.405 e. The molecule has 10 heteroatoms. The van der Waals surface area contributed by atoms with E-state index in [4.69, 9.17) is 9.52 Å². The summed E-state index contributed by atoms with van der Waals surface area (Å²) < 4.78 is 19.6. The van der Waals surface area contributed by atoms with Crippen LogP contribution >= 0.6 is 0 Å². The molecule has 1 aliphatic rings. The van der Waals surface area contributed by atoms with Gasteiger partial charge in [0.25, 0.3) is 0 Å². The average molecular weight is 466 g/mol. The Kier molecular flexibility index (Phi) is 6.31. The minimum absolute atomic E-state index is 0.176. The van der Waals surface area contributed by atoms with E-state index in [0.717, 1.165) is 11.1 Å². The van der Waals surface area contributed by atoms with Gasteiger partial charge in [-0.3, -0.25) is 9.59 Å². The van der Waals surface area contributed by atoms with Crippen molar-refractivity contribution in [3.05, 3.63) is 64.8 Å². The van der Waals surface area contributed by atoms with Crippen molar-refractivity contribution in [2.45, 2.75) is 32.4 Å². The fraction of sp³-hybridized carbons (Fsp3) is 0.250. The third kappa shape index (κ3) is 4.75. The molecule has 3 heterocycles. The molecule has 2 aromatic heterocycles. The second kappa shape index (κ2) is 9.34. The zero-order valence-electron chi connectivity index (χ0n) is 18.6. The maximum absolute atomic E-state index is 14.0. The van der Waals surface area contributed by atoms with Crippen LogP contribution < -0.4 is 10.6 Å². The number of carboxylic acid groups (broad SMARTS) is 1. The van der Waals surface area contributed by atoms with Crippen LogP contribution in [0.15, 0.2) is 41.0 Å². The summed E-state index contributed by atoms with van der Waals surface area (Å²) in [6.45, 7) is 2.00. The first-order chi connectivity index (χ1) is 16.2. The normalized spacial score (nSPS) is 15.6. The summed E-state index contributed by atoms with van der Waals surface area (Å²) in [4.78, 5) is 41.4. The summed E-state index contributed by atoms with van der Waals surface area (Å²) in [5.74, 6) is -0.314. The number of fused-ring (bicyclic) bond motifs is 2. The first-order valence-corrected chi connectivity index (χ1v) is 10.6. The maximum Gasteiger partial charge on any atom is 0.405 e. The zero-order chi connectivity index (χ0) is 24.4. The van der Waals surface area contributed by atoms with E-state index in [0.29, 0.717) is 35.4 Å². The van der Waals surface area contributed by atoms with Crippen molar-refractivity contribution in [3.8, 4) is 0 Å². The number of hydrogen-bond donors (Lipinski definition) is 3. The van der Waals surface area contributed by atoms with Gasteiger partial charge < -0.3 is 25.1 Å². The van der Waals surface area contributed by atoms with Crippen molar-refractivity contribution in [3.63, 3.8) is 0 Å². The van der Waals surface area contributed by atoms with Gasteiger partial charge in [0.1, 0.15) is 17.6 Å². The Hall–Kier alpha value is -4.21. The molecule has 0 radical (unpaired) electrons. The minimum atomic E-state index is -1.27. The molecule has 176 valence electrons. The van der Waals surface area contributed by atoms with Crippen molar-refractivity contribution < 1.29 is 28.3 Å². The van der Waals surface area contributed by atoms with E-state index >= 15 is 0 Å². The molecule has 0 spiro atoms. The lowest BCUT2D eigenvalue weighted by Gasteiger charge is -2.14. The first kappa shape index (κ1) is 23.0. The number of pyridine rings is 1. The predicted octanol–water partition coefficient (Wildman–Crippen LogP) is 3.47. The van der Waals surface area contributed by atoms with E-state index in [1.54, 1.807) is 31.3 Å². The van der Waals surface area contributed by atoms with Crippen molar-refractivity contribution in [2.75, 3.05) is 12.4 Å². The SMILES string of the molecule is Cc1c(CN(C)C(=O)/C=C/c2cnc3c(c2)CCC(NC(=O)O)C(=O)N3)oc2c(F)cccc12. The molecule has 34 heavy (non-hydrogen) atoms. The number of nitrogens with zero attached hydrogens (tertiary/aromatic N) is 2. The Balaban J connectivity index is 1.44. The molecule has 0 bridgehead atoms. The van der Waals surface area contributed by atoms with Crippen LogP contribution in [0.3, 0.4) is 0 Å². The lowest BCUT2D eigenvalue weighted by Crippen LogP contribution is -2.42. The third-order valence-corrected chi connectivity index (χ3v) is 5.74. The Bertz CT molecular complexity index is 1320. The summed E-state index contributed by atoms with van der Waals surface area (Å²) in [5.41, 5.74) is 2.36. The number of benzene rings is 1. The molecule has 0 saturated carbocycles. The molecule has 0 aliphatic carbocycles. The molecule has 0 fully saturated rings. The van der Waals surface area contributed by atoms with E-state index in [9.17, 15) is 18.8 Å². The summed E-state index contributed by atoms with van der Waals surface area (Å²) in [6.07, 6.45) is 3.97. The van der Waals surface area contributed by atoms with Crippen molar-refractivity contribution in [2.24, 2.45) is 0 Å². The van der Waals surface area contributed by atoms with Crippen molar-refractivity contribution >= 4 is 40.8 Å². The molecule has 4 rings (SSSR count). The number of para-hydroxylation sites is 1. The Labute approximate surface area is 194 Å². The van der Waals surface area contributed by atoms with Gasteiger partial charge in [0.15, 0.2) is 11.4 Å². The van der Waals surface area contributed by atoms with Gasteiger partial charge in [0.2, 0.25) is 11.8 Å². The highest BCUT2D eigenvalue weighted by Gasteiger charge is 2.25. The number of aryl methyl sites for hydroxylation is 2. The van der Waals surface area contributed by atoms with Crippen LogP contribution in [0.25, 0.3) is 17.0 Å². The molecule has 1 aromatic carbocycles. The quantitative estimate of drug-likeness (QED) is 0.495. The highest BCUT2D eigenvalue weighted by Crippen LogP contribution is 2.28. The van der Waals surface area contributed by atoms with Gasteiger partial charge in [-0.1, -0.05) is 12.1 Å². The molecule has 3 aromatic rings. The second-order valence-electron chi connectivity index (χ2n) is 8.10. The van der Waals surface area contributed by atoms with Gasteiger partial charge in [-0.05, 0) is 49.1 Å². The number of carbonyl (C=O) groups is 3. The van der Waals surface area contributed by atoms with Crippen molar-refractivity contribution in [1.82, 2.24) is 15.2 Å². The lowest BCUT2D eigenvalue weighted by atomic mass is 10.1. The fourth-order valence-electron chi connectivity index (χ4n) is 3.84. The standard InChI is InChI=1S/C24H23FN4O5/c1-13-16-4-3-5-17(25)21(16)34-19(13)12-29(2)20(30)9-6-14-10-15-7-8-18(27-24(32)33)23(31)28-22(15)26-11-14/h3-6,9-11,18,27H,7-8,12H2,1-2H3,(H,32,33)(H,26,28,31)/b9-6+. The maximum atomic E-state index is 14.0. The summed E-state index contributed by atoms with van der Waals surface area (Å²) in [5, 5.41) is 14.4. The molecule has 1 unspecified atom stereocenters. The van der Waals surface area contributed by atoms with E-state index in [1.165, 1.54) is 23.2 Å². The van der Waals surface area contributed by atoms with Crippen LogP contribution in [0.4, 0.5) is 15.0 Å². The van der Waals surface area contributed by atoms with Gasteiger partial charge >= 0.3 is 6.09 Å². The van der Waals surface area contributed by atoms with Crippen LogP contribution in [0.2, 0.25) is 0 Å². The monoisotopic (exact) mass is 466 g/mol. The van der Waals surface area contributed by atoms with E-state index in [-0.39, 0.29) is 18.0 Å². The molecule has 3 amide bonds. The highest BCUT2D eigenvalue weighted by atomic mass is 19.1. The number of likely N-dealkylation sites (N-methyl/N-ethyl adjacent to an activating group) is 1. The number of carbonyl (C=O) groups excluding carboxylic acids is 2. The molecule has 9 nitrogen and oxygen atoms in total. The van der Waals surface area contributed by atoms with Crippen LogP contribution in [0, 0.1) is 12.7 Å². The second-order valence-corrected chi connectivity index (χ2v) is 8.10. The number of aromatic nitrogens is 1. The van der Waals surface area contributed by atoms with Crippen LogP contribution in [-0.2, 0) is 22.6 Å². The number of hydrogen-bond acceptors (Lipinski definition) is 5. The van der Waals surface area contributed by atoms with Crippen molar-refractivity contribution in [1.29, 1.82) is 0 Å². The molecule has 0 saturated heterocycles. The Morgan fingerprint density at radius 3 is 2.94 bits per heavy atom. The van der Waals surface area contributed by atoms with Gasteiger partial charge in [-0.2, -0.15) is 0 Å². The number of anilines is 1. The summed E-state index contributed by atoms with van der Waals surface area (Å²) in [6, 6.07) is 5.65. The van der Waals surface area contributed by atoms with Gasteiger partial charge in [0, 0.05) is 30.3 Å². The summed E-state index contributed by atoms with van der Waals surface area (Å²) >= 11 is 0. The van der Waals surface area contributed by atoms with E-state index in [2.05, 4.69) is 15.6 Å². The Morgan fingerprint density at radius 2 is 2.21 bits per heavy atom. The number of amides is 3. The van der Waals surface area contributed by atoms with E-state index in [1.807, 2.05) is 6.92 Å². The lowest BCUT2D eigenvalue weighted by molar-refractivity contribution is -0.125. The first-order valence-electron chi connectivity index (χ1n) is 10.6. The third-order valence-electron chi connectivity index (χ3n) is 5.74. The number of furan rings is 1. The van der Waals surface area contributed by atoms with E-state index < -0.39 is 23.9 Å². The van der Waals surface area contributed by atoms with Gasteiger partial charge in [-0.15, -0.1) is 0 Å². The average Bonchev–Trinajstić information content (AvgIpc) is 3.03. The predicted molar refractivity (Wildman–Crippen MR) is 123 cm³/mol. The van der Waals surface area contributed by atoms with Crippen LogP contribution in [0.1, 0.15) is 28.9 Å². The largest absolute Gasteiger partial charge is 0.465 e. The molecule has 1 aliphatic heterocycles. The number of halogens is 1. The zero-order valence-corrected chi connectivity index (χ0v) is 18.6. The molecule has 1 atom stereocenters. The molecule has 3 N–H and O–H groups in total.